The molecule has 0 heterocycles. The topological polar surface area (TPSA) is 58.4 Å². The molecule has 1 aliphatic rings. The van der Waals surface area contributed by atoms with Gasteiger partial charge >= 0.3 is 0 Å². The van der Waals surface area contributed by atoms with Crippen molar-refractivity contribution in [3.8, 4) is 0 Å². The number of rotatable bonds is 3. The lowest BCUT2D eigenvalue weighted by molar-refractivity contribution is 0.0827. The van der Waals surface area contributed by atoms with Gasteiger partial charge in [0.1, 0.15) is 0 Å². The van der Waals surface area contributed by atoms with E-state index in [9.17, 15) is 4.79 Å². The monoisotopic (exact) mass is 289 g/mol. The fourth-order valence-electron chi connectivity index (χ4n) is 3.16. The molecule has 1 aromatic carbocycles. The number of carbonyl (C=O) groups excluding carboxylic acids is 1. The van der Waals surface area contributed by atoms with Crippen LogP contribution in [0.5, 0.6) is 0 Å². The Morgan fingerprint density at radius 2 is 2.00 bits per heavy atom. The molecule has 1 aromatic rings. The Kier molecular flexibility index (Phi) is 4.76. The molecule has 3 unspecified atom stereocenters. The number of nitrogens with zero attached hydrogens (tertiary/aromatic N) is 1. The van der Waals surface area contributed by atoms with Crippen LogP contribution in [0.2, 0.25) is 0 Å². The number of hydrogen-bond acceptors (Lipinski definition) is 3. The lowest BCUT2D eigenvalue weighted by Crippen LogP contribution is -2.33. The second kappa shape index (κ2) is 6.37. The molecule has 21 heavy (non-hydrogen) atoms. The molecule has 1 aliphatic carbocycles. The van der Waals surface area contributed by atoms with E-state index in [1.54, 1.807) is 25.1 Å². The number of nitrogens with one attached hydrogen (secondary N) is 1. The number of hydrogen-bond donors (Lipinski definition) is 2. The summed E-state index contributed by atoms with van der Waals surface area (Å²) in [6.07, 6.45) is 3.70. The van der Waals surface area contributed by atoms with Gasteiger partial charge in [0.2, 0.25) is 0 Å². The standard InChI is InChI=1S/C17H27N3O/c1-11-5-7-15(12(2)9-11)19-16-8-6-13(10-14(16)18)17(21)20(3)4/h6,8,10-12,15,19H,5,7,9,18H2,1-4H3. The highest BCUT2D eigenvalue weighted by molar-refractivity contribution is 5.95. The molecule has 0 radical (unpaired) electrons. The van der Waals surface area contributed by atoms with Crippen LogP contribution in [0.15, 0.2) is 18.2 Å². The van der Waals surface area contributed by atoms with Crippen molar-refractivity contribution >= 4 is 17.3 Å². The van der Waals surface area contributed by atoms with Gasteiger partial charge in [-0.15, -0.1) is 0 Å². The predicted octanol–water partition coefficient (Wildman–Crippen LogP) is 3.21. The molecule has 1 amide bonds. The van der Waals surface area contributed by atoms with Crippen LogP contribution in [0.3, 0.4) is 0 Å². The average Bonchev–Trinajstić information content (AvgIpc) is 2.42. The molecular formula is C17H27N3O. The van der Waals surface area contributed by atoms with Crippen LogP contribution in [0.1, 0.15) is 43.5 Å². The first-order valence-corrected chi connectivity index (χ1v) is 7.76. The van der Waals surface area contributed by atoms with Gasteiger partial charge in [-0.1, -0.05) is 13.8 Å². The first-order chi connectivity index (χ1) is 9.88. The maximum atomic E-state index is 11.9. The molecule has 2 rings (SSSR count). The summed E-state index contributed by atoms with van der Waals surface area (Å²) in [7, 11) is 3.49. The lowest BCUT2D eigenvalue weighted by atomic mass is 9.80. The van der Waals surface area contributed by atoms with E-state index in [2.05, 4.69) is 19.2 Å². The van der Waals surface area contributed by atoms with Crippen LogP contribution in [-0.4, -0.2) is 30.9 Å². The minimum Gasteiger partial charge on any atom is -0.397 e. The van der Waals surface area contributed by atoms with Gasteiger partial charge in [0.25, 0.3) is 5.91 Å². The summed E-state index contributed by atoms with van der Waals surface area (Å²) in [6.45, 7) is 4.62. The number of carbonyl (C=O) groups is 1. The van der Waals surface area contributed by atoms with Gasteiger partial charge in [-0.2, -0.15) is 0 Å². The summed E-state index contributed by atoms with van der Waals surface area (Å²) in [5.41, 5.74) is 8.34. The van der Waals surface area contributed by atoms with Crippen LogP contribution in [0, 0.1) is 11.8 Å². The van der Waals surface area contributed by atoms with Crippen molar-refractivity contribution in [1.29, 1.82) is 0 Å². The zero-order chi connectivity index (χ0) is 15.6. The van der Waals surface area contributed by atoms with E-state index in [1.165, 1.54) is 19.3 Å². The van der Waals surface area contributed by atoms with Crippen LogP contribution < -0.4 is 11.1 Å². The molecule has 0 saturated heterocycles. The zero-order valence-corrected chi connectivity index (χ0v) is 13.5. The molecule has 0 aliphatic heterocycles. The predicted molar refractivity (Wildman–Crippen MR) is 88.5 cm³/mol. The number of nitrogen functional groups attached to an aromatic ring is 1. The quantitative estimate of drug-likeness (QED) is 0.840. The Morgan fingerprint density at radius 3 is 2.57 bits per heavy atom. The van der Waals surface area contributed by atoms with Gasteiger partial charge in [0, 0.05) is 25.7 Å². The van der Waals surface area contributed by atoms with Gasteiger partial charge in [-0.3, -0.25) is 4.79 Å². The van der Waals surface area contributed by atoms with Crippen LogP contribution in [0.25, 0.3) is 0 Å². The molecular weight excluding hydrogens is 262 g/mol. The van der Waals surface area contributed by atoms with Crippen LogP contribution in [-0.2, 0) is 0 Å². The maximum Gasteiger partial charge on any atom is 0.253 e. The van der Waals surface area contributed by atoms with Crippen molar-refractivity contribution in [2.24, 2.45) is 11.8 Å². The largest absolute Gasteiger partial charge is 0.397 e. The third-order valence-electron chi connectivity index (χ3n) is 4.48. The molecule has 3 atom stereocenters. The van der Waals surface area contributed by atoms with Gasteiger partial charge in [0.15, 0.2) is 0 Å². The summed E-state index contributed by atoms with van der Waals surface area (Å²) in [4.78, 5) is 13.5. The van der Waals surface area contributed by atoms with E-state index < -0.39 is 0 Å². The van der Waals surface area contributed by atoms with Crippen molar-refractivity contribution in [1.82, 2.24) is 4.90 Å². The van der Waals surface area contributed by atoms with Gasteiger partial charge in [0.05, 0.1) is 11.4 Å². The maximum absolute atomic E-state index is 11.9. The van der Waals surface area contributed by atoms with Crippen LogP contribution >= 0.6 is 0 Å². The van der Waals surface area contributed by atoms with Crippen molar-refractivity contribution in [2.75, 3.05) is 25.1 Å². The van der Waals surface area contributed by atoms with Crippen LogP contribution in [0.4, 0.5) is 11.4 Å². The summed E-state index contributed by atoms with van der Waals surface area (Å²) < 4.78 is 0. The number of benzene rings is 1. The molecule has 0 bridgehead atoms. The van der Waals surface area contributed by atoms with Crippen molar-refractivity contribution < 1.29 is 4.79 Å². The second-order valence-electron chi connectivity index (χ2n) is 6.65. The highest BCUT2D eigenvalue weighted by Gasteiger charge is 2.25. The summed E-state index contributed by atoms with van der Waals surface area (Å²) in [5.74, 6) is 1.44. The average molecular weight is 289 g/mol. The van der Waals surface area contributed by atoms with E-state index in [0.29, 0.717) is 23.2 Å². The summed E-state index contributed by atoms with van der Waals surface area (Å²) >= 11 is 0. The fraction of sp³-hybridized carbons (Fsp3) is 0.588. The molecule has 1 fully saturated rings. The molecule has 1 saturated carbocycles. The van der Waals surface area contributed by atoms with E-state index in [4.69, 9.17) is 5.73 Å². The summed E-state index contributed by atoms with van der Waals surface area (Å²) in [6, 6.07) is 6.01. The minimum atomic E-state index is -0.0203. The van der Waals surface area contributed by atoms with Crippen molar-refractivity contribution in [2.45, 2.75) is 39.2 Å². The van der Waals surface area contributed by atoms with E-state index in [-0.39, 0.29) is 5.91 Å². The third kappa shape index (κ3) is 3.69. The molecule has 4 heteroatoms. The highest BCUT2D eigenvalue weighted by atomic mass is 16.2. The highest BCUT2D eigenvalue weighted by Crippen LogP contribution is 2.32. The SMILES string of the molecule is CC1CCC(Nc2ccc(C(=O)N(C)C)cc2N)C(C)C1. The first-order valence-electron chi connectivity index (χ1n) is 7.76. The van der Waals surface area contributed by atoms with Crippen molar-refractivity contribution in [3.63, 3.8) is 0 Å². The lowest BCUT2D eigenvalue weighted by Gasteiger charge is -2.34. The second-order valence-corrected chi connectivity index (χ2v) is 6.65. The number of anilines is 2. The van der Waals surface area contributed by atoms with E-state index in [0.717, 1.165) is 11.6 Å². The smallest absolute Gasteiger partial charge is 0.253 e. The molecule has 0 spiro atoms. The third-order valence-corrected chi connectivity index (χ3v) is 4.48. The molecule has 3 N–H and O–H groups in total. The minimum absolute atomic E-state index is 0.0203. The molecule has 0 aromatic heterocycles. The Labute approximate surface area is 127 Å². The number of amides is 1. The molecule has 4 nitrogen and oxygen atoms in total. The Hall–Kier alpha value is -1.71. The zero-order valence-electron chi connectivity index (χ0n) is 13.5. The Morgan fingerprint density at radius 1 is 1.29 bits per heavy atom. The van der Waals surface area contributed by atoms with E-state index >= 15 is 0 Å². The van der Waals surface area contributed by atoms with Gasteiger partial charge < -0.3 is 16.0 Å². The van der Waals surface area contributed by atoms with Gasteiger partial charge in [-0.05, 0) is 49.3 Å². The fourth-order valence-corrected chi connectivity index (χ4v) is 3.16. The first kappa shape index (κ1) is 15.7. The molecule has 116 valence electrons. The summed E-state index contributed by atoms with van der Waals surface area (Å²) in [5, 5.41) is 3.56. The normalized spacial score (nSPS) is 25.4. The Bertz CT molecular complexity index is 513. The van der Waals surface area contributed by atoms with Gasteiger partial charge in [-0.25, -0.2) is 0 Å². The van der Waals surface area contributed by atoms with E-state index in [1.807, 2.05) is 12.1 Å². The number of nitrogens with two attached hydrogens (primary N) is 1. The van der Waals surface area contributed by atoms with Crippen molar-refractivity contribution in [3.05, 3.63) is 23.8 Å². The Balaban J connectivity index is 2.09.